The van der Waals surface area contributed by atoms with Gasteiger partial charge >= 0.3 is 5.97 Å². The molecule has 0 heterocycles. The maximum Gasteiger partial charge on any atom is 0.337 e. The third-order valence-corrected chi connectivity index (χ3v) is 2.83. The normalized spacial score (nSPS) is 9.14. The Hall–Kier alpha value is -3.24. The van der Waals surface area contributed by atoms with Crippen LogP contribution in [0.15, 0.2) is 42.5 Å². The van der Waals surface area contributed by atoms with Crippen molar-refractivity contribution in [1.82, 2.24) is 0 Å². The number of ether oxygens (including phenoxy) is 1. The zero-order valence-corrected chi connectivity index (χ0v) is 11.4. The van der Waals surface area contributed by atoms with E-state index >= 15 is 0 Å². The second kappa shape index (κ2) is 6.27. The van der Waals surface area contributed by atoms with Crippen LogP contribution in [0, 0.1) is 23.2 Å². The molecule has 0 bridgehead atoms. The van der Waals surface area contributed by atoms with Crippen molar-refractivity contribution in [3.05, 3.63) is 64.7 Å². The zero-order chi connectivity index (χ0) is 15.2. The molecule has 2 rings (SSSR count). The highest BCUT2D eigenvalue weighted by Gasteiger charge is 2.06. The first-order chi connectivity index (χ1) is 10.1. The Labute approximate surface area is 122 Å². The van der Waals surface area contributed by atoms with Crippen LogP contribution in [0.25, 0.3) is 0 Å². The van der Waals surface area contributed by atoms with Crippen LogP contribution in [0.5, 0.6) is 0 Å². The summed E-state index contributed by atoms with van der Waals surface area (Å²) in [7, 11) is 1.32. The number of nitrogens with zero attached hydrogens (tertiary/aromatic N) is 1. The van der Waals surface area contributed by atoms with Crippen molar-refractivity contribution in [2.45, 2.75) is 0 Å². The average Bonchev–Trinajstić information content (AvgIpc) is 2.53. The quantitative estimate of drug-likeness (QED) is 0.492. The van der Waals surface area contributed by atoms with E-state index in [1.54, 1.807) is 36.4 Å². The van der Waals surface area contributed by atoms with Crippen molar-refractivity contribution in [3.8, 4) is 17.9 Å². The Kier molecular flexibility index (Phi) is 4.23. The van der Waals surface area contributed by atoms with Crippen LogP contribution in [-0.2, 0) is 4.74 Å². The number of hydrogen-bond donors (Lipinski definition) is 1. The van der Waals surface area contributed by atoms with Crippen molar-refractivity contribution in [2.24, 2.45) is 0 Å². The van der Waals surface area contributed by atoms with E-state index in [1.165, 1.54) is 13.2 Å². The van der Waals surface area contributed by atoms with Gasteiger partial charge in [-0.05, 0) is 42.5 Å². The van der Waals surface area contributed by atoms with Gasteiger partial charge in [0, 0.05) is 16.8 Å². The van der Waals surface area contributed by atoms with Gasteiger partial charge in [0.2, 0.25) is 0 Å². The summed E-state index contributed by atoms with van der Waals surface area (Å²) in [6.07, 6.45) is 0. The van der Waals surface area contributed by atoms with E-state index in [2.05, 4.69) is 16.6 Å². The molecule has 21 heavy (non-hydrogen) atoms. The van der Waals surface area contributed by atoms with Crippen molar-refractivity contribution in [1.29, 1.82) is 5.26 Å². The molecule has 0 saturated carbocycles. The largest absolute Gasteiger partial charge is 0.465 e. The first kappa shape index (κ1) is 14.2. The molecular formula is C17H12N2O2. The van der Waals surface area contributed by atoms with Crippen molar-refractivity contribution >= 4 is 11.7 Å². The number of hydrogen-bond acceptors (Lipinski definition) is 4. The fourth-order valence-electron chi connectivity index (χ4n) is 1.69. The van der Waals surface area contributed by atoms with Crippen LogP contribution in [0.1, 0.15) is 27.0 Å². The van der Waals surface area contributed by atoms with Gasteiger partial charge in [0.25, 0.3) is 0 Å². The van der Waals surface area contributed by atoms with Crippen LogP contribution < -0.4 is 5.73 Å². The van der Waals surface area contributed by atoms with Gasteiger partial charge in [0.05, 0.1) is 24.3 Å². The van der Waals surface area contributed by atoms with Gasteiger partial charge in [-0.2, -0.15) is 5.26 Å². The number of benzene rings is 2. The van der Waals surface area contributed by atoms with E-state index in [-0.39, 0.29) is 0 Å². The molecule has 2 N–H and O–H groups in total. The third kappa shape index (κ3) is 3.40. The Morgan fingerprint density at radius 2 is 1.76 bits per heavy atom. The second-order valence-corrected chi connectivity index (χ2v) is 4.23. The Morgan fingerprint density at radius 3 is 2.33 bits per heavy atom. The minimum atomic E-state index is -0.437. The van der Waals surface area contributed by atoms with Crippen molar-refractivity contribution in [2.75, 3.05) is 12.8 Å². The van der Waals surface area contributed by atoms with Gasteiger partial charge in [-0.25, -0.2) is 4.79 Å². The lowest BCUT2D eigenvalue weighted by Gasteiger charge is -2.02. The smallest absolute Gasteiger partial charge is 0.337 e. The molecule has 4 heteroatoms. The van der Waals surface area contributed by atoms with Crippen LogP contribution >= 0.6 is 0 Å². The van der Waals surface area contributed by atoms with E-state index in [0.717, 1.165) is 5.56 Å². The number of rotatable bonds is 1. The van der Waals surface area contributed by atoms with E-state index in [0.29, 0.717) is 22.4 Å². The SMILES string of the molecule is COC(=O)c1ccc(C#Cc2ccc(C#N)cc2)c(N)c1. The lowest BCUT2D eigenvalue weighted by molar-refractivity contribution is 0.0601. The average molecular weight is 276 g/mol. The Morgan fingerprint density at radius 1 is 1.10 bits per heavy atom. The summed E-state index contributed by atoms with van der Waals surface area (Å²) in [5.74, 6) is 5.46. The van der Waals surface area contributed by atoms with Gasteiger partial charge in [-0.15, -0.1) is 0 Å². The predicted molar refractivity (Wildman–Crippen MR) is 79.3 cm³/mol. The molecule has 2 aromatic rings. The van der Waals surface area contributed by atoms with Gasteiger partial charge in [-0.1, -0.05) is 11.8 Å². The van der Waals surface area contributed by atoms with Crippen LogP contribution in [0.3, 0.4) is 0 Å². The van der Waals surface area contributed by atoms with E-state index in [1.807, 2.05) is 6.07 Å². The summed E-state index contributed by atoms with van der Waals surface area (Å²) in [5.41, 5.74) is 8.67. The molecule has 0 fully saturated rings. The fourth-order valence-corrected chi connectivity index (χ4v) is 1.69. The molecule has 0 aromatic heterocycles. The van der Waals surface area contributed by atoms with Gasteiger partial charge < -0.3 is 10.5 Å². The van der Waals surface area contributed by atoms with Crippen LogP contribution in [0.2, 0.25) is 0 Å². The Bertz CT molecular complexity index is 775. The van der Waals surface area contributed by atoms with Gasteiger partial charge in [0.15, 0.2) is 0 Å². The molecule has 102 valence electrons. The van der Waals surface area contributed by atoms with Crippen molar-refractivity contribution < 1.29 is 9.53 Å². The standard InChI is InChI=1S/C17H12N2O2/c1-21-17(20)15-9-8-14(16(19)10-15)7-6-12-2-4-13(11-18)5-3-12/h2-5,8-10H,19H2,1H3. The number of carbonyl (C=O) groups excluding carboxylic acids is 1. The number of carbonyl (C=O) groups is 1. The number of nitrogen functional groups attached to an aromatic ring is 1. The highest BCUT2D eigenvalue weighted by molar-refractivity contribution is 5.90. The lowest BCUT2D eigenvalue weighted by Crippen LogP contribution is -2.02. The van der Waals surface area contributed by atoms with E-state index in [4.69, 9.17) is 11.0 Å². The molecule has 0 radical (unpaired) electrons. The molecule has 0 aliphatic heterocycles. The molecule has 4 nitrogen and oxygen atoms in total. The van der Waals surface area contributed by atoms with Gasteiger partial charge in [-0.3, -0.25) is 0 Å². The van der Waals surface area contributed by atoms with Gasteiger partial charge in [0.1, 0.15) is 0 Å². The van der Waals surface area contributed by atoms with E-state index < -0.39 is 5.97 Å². The first-order valence-electron chi connectivity index (χ1n) is 6.14. The zero-order valence-electron chi connectivity index (χ0n) is 11.4. The number of nitrogens with two attached hydrogens (primary N) is 1. The maximum absolute atomic E-state index is 11.4. The molecule has 0 aliphatic rings. The first-order valence-corrected chi connectivity index (χ1v) is 6.14. The molecule has 0 unspecified atom stereocenters. The highest BCUT2D eigenvalue weighted by Crippen LogP contribution is 2.14. The summed E-state index contributed by atoms with van der Waals surface area (Å²) < 4.78 is 4.63. The predicted octanol–water partition coefficient (Wildman–Crippen LogP) is 2.33. The van der Waals surface area contributed by atoms with Crippen LogP contribution in [0.4, 0.5) is 5.69 Å². The topological polar surface area (TPSA) is 76.1 Å². The molecule has 0 atom stereocenters. The summed E-state index contributed by atoms with van der Waals surface area (Å²) in [4.78, 5) is 11.4. The summed E-state index contributed by atoms with van der Waals surface area (Å²) in [6, 6.07) is 13.8. The Balaban J connectivity index is 2.26. The molecule has 2 aromatic carbocycles. The summed E-state index contributed by atoms with van der Waals surface area (Å²) in [5, 5.41) is 8.72. The lowest BCUT2D eigenvalue weighted by atomic mass is 10.1. The maximum atomic E-state index is 11.4. The minimum Gasteiger partial charge on any atom is -0.465 e. The van der Waals surface area contributed by atoms with Crippen LogP contribution in [-0.4, -0.2) is 13.1 Å². The number of nitriles is 1. The molecule has 0 amide bonds. The number of anilines is 1. The summed E-state index contributed by atoms with van der Waals surface area (Å²) in [6.45, 7) is 0. The highest BCUT2D eigenvalue weighted by atomic mass is 16.5. The third-order valence-electron chi connectivity index (χ3n) is 2.83. The van der Waals surface area contributed by atoms with Crippen molar-refractivity contribution in [3.63, 3.8) is 0 Å². The summed E-state index contributed by atoms with van der Waals surface area (Å²) >= 11 is 0. The molecule has 0 saturated heterocycles. The number of esters is 1. The molecule has 0 aliphatic carbocycles. The van der Waals surface area contributed by atoms with E-state index in [9.17, 15) is 4.79 Å². The second-order valence-electron chi connectivity index (χ2n) is 4.23. The fraction of sp³-hybridized carbons (Fsp3) is 0.0588. The molecule has 0 spiro atoms. The minimum absolute atomic E-state index is 0.388. The monoisotopic (exact) mass is 276 g/mol. The molecular weight excluding hydrogens is 264 g/mol. The number of methoxy groups -OCH3 is 1.